The molecule has 0 spiro atoms. The Morgan fingerprint density at radius 2 is 1.69 bits per heavy atom. The van der Waals surface area contributed by atoms with Crippen molar-refractivity contribution in [3.05, 3.63) is 84.2 Å². The average molecular weight is 343 g/mol. The third kappa shape index (κ3) is 4.14. The van der Waals surface area contributed by atoms with Crippen molar-refractivity contribution in [2.75, 3.05) is 25.5 Å². The van der Waals surface area contributed by atoms with Gasteiger partial charge in [0.15, 0.2) is 0 Å². The van der Waals surface area contributed by atoms with Crippen LogP contribution >= 0.6 is 0 Å². The van der Waals surface area contributed by atoms with Gasteiger partial charge in [-0.05, 0) is 48.5 Å². The van der Waals surface area contributed by atoms with E-state index in [4.69, 9.17) is 0 Å². The lowest BCUT2D eigenvalue weighted by Crippen LogP contribution is -2.23. The van der Waals surface area contributed by atoms with Crippen LogP contribution in [0.15, 0.2) is 73.1 Å². The van der Waals surface area contributed by atoms with E-state index in [1.807, 2.05) is 96.6 Å². The Hall–Kier alpha value is -3.45. The van der Waals surface area contributed by atoms with Gasteiger partial charge in [0.2, 0.25) is 0 Å². The van der Waals surface area contributed by atoms with Gasteiger partial charge in [0.25, 0.3) is 5.91 Å². The molecule has 0 bridgehead atoms. The number of rotatable bonds is 4. The van der Waals surface area contributed by atoms with Gasteiger partial charge in [-0.3, -0.25) is 4.79 Å². The van der Waals surface area contributed by atoms with E-state index in [1.165, 1.54) is 0 Å². The number of aromatic nitrogens is 1. The molecule has 0 saturated heterocycles. The molecule has 0 aliphatic carbocycles. The fourth-order valence-electron chi connectivity index (χ4n) is 2.63. The molecule has 1 heterocycles. The highest BCUT2D eigenvalue weighted by molar-refractivity contribution is 5.94. The number of anilines is 1. The Kier molecular flexibility index (Phi) is 5.40. The zero-order valence-corrected chi connectivity index (χ0v) is 14.9. The van der Waals surface area contributed by atoms with E-state index in [2.05, 4.69) is 17.2 Å². The van der Waals surface area contributed by atoms with E-state index >= 15 is 0 Å². The van der Waals surface area contributed by atoms with Gasteiger partial charge in [-0.2, -0.15) is 0 Å². The van der Waals surface area contributed by atoms with Gasteiger partial charge in [-0.1, -0.05) is 24.0 Å². The summed E-state index contributed by atoms with van der Waals surface area (Å²) < 4.78 is 2.00. The summed E-state index contributed by atoms with van der Waals surface area (Å²) in [4.78, 5) is 14.3. The van der Waals surface area contributed by atoms with Crippen LogP contribution < -0.4 is 10.2 Å². The largest absolute Gasteiger partial charge is 0.377 e. The van der Waals surface area contributed by atoms with Gasteiger partial charge < -0.3 is 14.8 Å². The normalized spacial score (nSPS) is 9.92. The van der Waals surface area contributed by atoms with E-state index in [0.29, 0.717) is 12.1 Å². The van der Waals surface area contributed by atoms with Crippen molar-refractivity contribution in [3.63, 3.8) is 0 Å². The number of carbonyl (C=O) groups is 1. The first-order chi connectivity index (χ1) is 12.6. The molecule has 0 atom stereocenters. The maximum atomic E-state index is 12.2. The molecule has 2 aromatic carbocycles. The number of benzene rings is 2. The molecule has 1 amide bonds. The quantitative estimate of drug-likeness (QED) is 0.738. The van der Waals surface area contributed by atoms with Gasteiger partial charge in [0, 0.05) is 43.3 Å². The fourth-order valence-corrected chi connectivity index (χ4v) is 2.63. The molecule has 1 N–H and O–H groups in total. The van der Waals surface area contributed by atoms with Crippen molar-refractivity contribution >= 4 is 11.6 Å². The van der Waals surface area contributed by atoms with Crippen molar-refractivity contribution in [1.82, 2.24) is 9.88 Å². The topological polar surface area (TPSA) is 37.3 Å². The van der Waals surface area contributed by atoms with Crippen LogP contribution in [0.2, 0.25) is 0 Å². The molecule has 0 unspecified atom stereocenters. The van der Waals surface area contributed by atoms with Gasteiger partial charge in [-0.15, -0.1) is 0 Å². The van der Waals surface area contributed by atoms with Crippen LogP contribution in [0, 0.1) is 11.8 Å². The molecule has 130 valence electrons. The molecule has 1 aromatic heterocycles. The van der Waals surface area contributed by atoms with Crippen LogP contribution in [-0.2, 0) is 0 Å². The van der Waals surface area contributed by atoms with Crippen LogP contribution in [0.25, 0.3) is 5.69 Å². The number of amides is 1. The third-order valence-electron chi connectivity index (χ3n) is 3.98. The number of nitrogens with one attached hydrogen (secondary N) is 1. The van der Waals surface area contributed by atoms with E-state index in [1.54, 1.807) is 0 Å². The van der Waals surface area contributed by atoms with Gasteiger partial charge in [0.05, 0.1) is 12.2 Å². The highest BCUT2D eigenvalue weighted by atomic mass is 16.1. The van der Waals surface area contributed by atoms with Crippen LogP contribution in [0.1, 0.15) is 15.9 Å². The number of hydrogen-bond donors (Lipinski definition) is 1. The van der Waals surface area contributed by atoms with Gasteiger partial charge in [-0.25, -0.2) is 0 Å². The van der Waals surface area contributed by atoms with E-state index in [0.717, 1.165) is 16.9 Å². The number of nitrogens with zero attached hydrogens (tertiary/aromatic N) is 2. The first-order valence-electron chi connectivity index (χ1n) is 8.42. The molecule has 0 aliphatic heterocycles. The van der Waals surface area contributed by atoms with Gasteiger partial charge >= 0.3 is 0 Å². The molecule has 3 rings (SSSR count). The Morgan fingerprint density at radius 3 is 2.38 bits per heavy atom. The molecule has 26 heavy (non-hydrogen) atoms. The summed E-state index contributed by atoms with van der Waals surface area (Å²) in [5, 5.41) is 2.84. The Labute approximate surface area is 154 Å². The van der Waals surface area contributed by atoms with Crippen molar-refractivity contribution in [1.29, 1.82) is 0 Å². The predicted molar refractivity (Wildman–Crippen MR) is 106 cm³/mol. The van der Waals surface area contributed by atoms with Gasteiger partial charge in [0.1, 0.15) is 0 Å². The third-order valence-corrected chi connectivity index (χ3v) is 3.98. The Morgan fingerprint density at radius 1 is 1.00 bits per heavy atom. The van der Waals surface area contributed by atoms with Crippen molar-refractivity contribution in [2.24, 2.45) is 0 Å². The molecule has 0 fully saturated rings. The molecule has 0 saturated carbocycles. The standard InChI is InChI=1S/C22H21N3O/c1-24(2)21-10-4-3-8-18(21)9-7-15-23-22(26)19-11-13-20(14-12-19)25-16-5-6-17-25/h3-6,8,10-14,16-17H,15H2,1-2H3,(H,23,26). The van der Waals surface area contributed by atoms with Crippen molar-refractivity contribution in [3.8, 4) is 17.5 Å². The van der Waals surface area contributed by atoms with Crippen LogP contribution in [0.5, 0.6) is 0 Å². The molecule has 4 nitrogen and oxygen atoms in total. The second-order valence-corrected chi connectivity index (χ2v) is 6.03. The summed E-state index contributed by atoms with van der Waals surface area (Å²) in [5.74, 6) is 6.01. The lowest BCUT2D eigenvalue weighted by atomic mass is 10.1. The molecular weight excluding hydrogens is 322 g/mol. The lowest BCUT2D eigenvalue weighted by Gasteiger charge is -2.13. The Balaban J connectivity index is 1.60. The zero-order valence-electron chi connectivity index (χ0n) is 14.9. The maximum absolute atomic E-state index is 12.2. The fraction of sp³-hybridized carbons (Fsp3) is 0.136. The SMILES string of the molecule is CN(C)c1ccccc1C#CCNC(=O)c1ccc(-n2cccc2)cc1. The number of hydrogen-bond acceptors (Lipinski definition) is 2. The first-order valence-corrected chi connectivity index (χ1v) is 8.42. The smallest absolute Gasteiger partial charge is 0.252 e. The highest BCUT2D eigenvalue weighted by Crippen LogP contribution is 2.16. The molecule has 3 aromatic rings. The minimum atomic E-state index is -0.126. The highest BCUT2D eigenvalue weighted by Gasteiger charge is 2.04. The van der Waals surface area contributed by atoms with E-state index < -0.39 is 0 Å². The van der Waals surface area contributed by atoms with Crippen molar-refractivity contribution in [2.45, 2.75) is 0 Å². The monoisotopic (exact) mass is 343 g/mol. The zero-order chi connectivity index (χ0) is 18.4. The Bertz CT molecular complexity index is 930. The van der Waals surface area contributed by atoms with Crippen LogP contribution in [-0.4, -0.2) is 31.1 Å². The molecule has 0 aliphatic rings. The number of para-hydroxylation sites is 1. The predicted octanol–water partition coefficient (Wildman–Crippen LogP) is 3.32. The van der Waals surface area contributed by atoms with Crippen LogP contribution in [0.3, 0.4) is 0 Å². The average Bonchev–Trinajstić information content (AvgIpc) is 3.20. The lowest BCUT2D eigenvalue weighted by molar-refractivity contribution is 0.0958. The summed E-state index contributed by atoms with van der Waals surface area (Å²) in [6.07, 6.45) is 3.94. The second-order valence-electron chi connectivity index (χ2n) is 6.03. The van der Waals surface area contributed by atoms with E-state index in [9.17, 15) is 4.79 Å². The second kappa shape index (κ2) is 8.09. The number of carbonyl (C=O) groups excluding carboxylic acids is 1. The first kappa shape index (κ1) is 17.4. The molecular formula is C22H21N3O. The summed E-state index contributed by atoms with van der Waals surface area (Å²) >= 11 is 0. The maximum Gasteiger partial charge on any atom is 0.252 e. The summed E-state index contributed by atoms with van der Waals surface area (Å²) in [6.45, 7) is 0.306. The minimum absolute atomic E-state index is 0.126. The van der Waals surface area contributed by atoms with E-state index in [-0.39, 0.29) is 5.91 Å². The minimum Gasteiger partial charge on any atom is -0.377 e. The summed E-state index contributed by atoms with van der Waals surface area (Å²) in [7, 11) is 3.97. The molecule has 4 heteroatoms. The summed E-state index contributed by atoms with van der Waals surface area (Å²) in [5.41, 5.74) is 3.65. The van der Waals surface area contributed by atoms with Crippen LogP contribution in [0.4, 0.5) is 5.69 Å². The van der Waals surface area contributed by atoms with Crippen molar-refractivity contribution < 1.29 is 4.79 Å². The molecule has 0 radical (unpaired) electrons. The summed E-state index contributed by atoms with van der Waals surface area (Å²) in [6, 6.07) is 19.4.